The molecule has 17 heavy (non-hydrogen) atoms. The van der Waals surface area contributed by atoms with Crippen molar-refractivity contribution in [1.29, 1.82) is 0 Å². The van der Waals surface area contributed by atoms with E-state index in [0.29, 0.717) is 6.54 Å². The number of hydrogen-bond donors (Lipinski definition) is 1. The van der Waals surface area contributed by atoms with Gasteiger partial charge in [-0.05, 0) is 25.9 Å². The van der Waals surface area contributed by atoms with Crippen LogP contribution in [0.2, 0.25) is 0 Å². The molecule has 94 valence electrons. The fourth-order valence-electron chi connectivity index (χ4n) is 2.54. The molecule has 2 N–H and O–H groups in total. The monoisotopic (exact) mass is 234 g/mol. The van der Waals surface area contributed by atoms with Crippen molar-refractivity contribution in [2.75, 3.05) is 20.2 Å². The van der Waals surface area contributed by atoms with Crippen LogP contribution in [0.5, 0.6) is 5.75 Å². The Hall–Kier alpha value is -1.06. The van der Waals surface area contributed by atoms with Gasteiger partial charge < -0.3 is 10.5 Å². The summed E-state index contributed by atoms with van der Waals surface area (Å²) in [6.45, 7) is 3.93. The smallest absolute Gasteiger partial charge is 0.127 e. The Labute approximate surface area is 104 Å². The van der Waals surface area contributed by atoms with Gasteiger partial charge in [0, 0.05) is 24.2 Å². The molecular weight excluding hydrogens is 212 g/mol. The first-order chi connectivity index (χ1) is 8.35. The van der Waals surface area contributed by atoms with Crippen LogP contribution in [0.1, 0.15) is 30.4 Å². The van der Waals surface area contributed by atoms with Crippen molar-refractivity contribution in [2.24, 2.45) is 5.73 Å². The van der Waals surface area contributed by atoms with Crippen LogP contribution in [0.15, 0.2) is 18.2 Å². The summed E-state index contributed by atoms with van der Waals surface area (Å²) in [4.78, 5) is 2.50. The maximum absolute atomic E-state index is 5.73. The first-order valence-electron chi connectivity index (χ1n) is 6.42. The lowest BCUT2D eigenvalue weighted by Gasteiger charge is -2.27. The van der Waals surface area contributed by atoms with E-state index in [1.54, 1.807) is 7.11 Å². The van der Waals surface area contributed by atoms with Crippen LogP contribution in [0, 0.1) is 0 Å². The van der Waals surface area contributed by atoms with Crippen LogP contribution in [0.25, 0.3) is 0 Å². The molecule has 3 heteroatoms. The van der Waals surface area contributed by atoms with Crippen LogP contribution in [0.4, 0.5) is 0 Å². The highest BCUT2D eigenvalue weighted by atomic mass is 16.5. The van der Waals surface area contributed by atoms with Gasteiger partial charge in [-0.2, -0.15) is 0 Å². The molecular formula is C14H22N2O. The van der Waals surface area contributed by atoms with Gasteiger partial charge in [0.2, 0.25) is 0 Å². The Bertz CT molecular complexity index is 359. The largest absolute Gasteiger partial charge is 0.496 e. The van der Waals surface area contributed by atoms with Crippen molar-refractivity contribution in [3.8, 4) is 5.75 Å². The van der Waals surface area contributed by atoms with Gasteiger partial charge in [0.25, 0.3) is 0 Å². The van der Waals surface area contributed by atoms with Crippen molar-refractivity contribution >= 4 is 0 Å². The van der Waals surface area contributed by atoms with E-state index in [2.05, 4.69) is 17.0 Å². The summed E-state index contributed by atoms with van der Waals surface area (Å²) in [6, 6.07) is 6.26. The number of piperidine rings is 1. The number of nitrogens with zero attached hydrogens (tertiary/aromatic N) is 1. The van der Waals surface area contributed by atoms with Crippen LogP contribution in [-0.2, 0) is 13.1 Å². The topological polar surface area (TPSA) is 38.5 Å². The zero-order valence-electron chi connectivity index (χ0n) is 10.6. The fraction of sp³-hybridized carbons (Fsp3) is 0.571. The standard InChI is InChI=1S/C14H22N2O/c1-17-14-12(10-15)6-5-7-13(14)11-16-8-3-2-4-9-16/h5-7H,2-4,8-11,15H2,1H3. The molecule has 0 aromatic heterocycles. The Kier molecular flexibility index (Phi) is 4.40. The van der Waals surface area contributed by atoms with Gasteiger partial charge in [0.05, 0.1) is 7.11 Å². The zero-order chi connectivity index (χ0) is 12.1. The second kappa shape index (κ2) is 6.03. The van der Waals surface area contributed by atoms with E-state index in [4.69, 9.17) is 10.5 Å². The Morgan fingerprint density at radius 2 is 1.88 bits per heavy atom. The molecule has 1 aliphatic rings. The SMILES string of the molecule is COc1c(CN)cccc1CN1CCCCC1. The highest BCUT2D eigenvalue weighted by molar-refractivity contribution is 5.41. The Morgan fingerprint density at radius 1 is 1.18 bits per heavy atom. The van der Waals surface area contributed by atoms with Crippen molar-refractivity contribution in [2.45, 2.75) is 32.4 Å². The third kappa shape index (κ3) is 2.99. The first-order valence-corrected chi connectivity index (χ1v) is 6.42. The molecule has 0 unspecified atom stereocenters. The Morgan fingerprint density at radius 3 is 2.53 bits per heavy atom. The summed E-state index contributed by atoms with van der Waals surface area (Å²) in [5, 5.41) is 0. The van der Waals surface area contributed by atoms with Crippen LogP contribution >= 0.6 is 0 Å². The normalized spacial score (nSPS) is 17.1. The number of methoxy groups -OCH3 is 1. The molecule has 0 saturated carbocycles. The highest BCUT2D eigenvalue weighted by Crippen LogP contribution is 2.25. The molecule has 1 aliphatic heterocycles. The lowest BCUT2D eigenvalue weighted by atomic mass is 10.1. The van der Waals surface area contributed by atoms with Crippen LogP contribution in [0.3, 0.4) is 0 Å². The summed E-state index contributed by atoms with van der Waals surface area (Å²) in [5.74, 6) is 0.973. The minimum absolute atomic E-state index is 0.539. The molecule has 0 aliphatic carbocycles. The number of rotatable bonds is 4. The highest BCUT2D eigenvalue weighted by Gasteiger charge is 2.14. The van der Waals surface area contributed by atoms with Gasteiger partial charge in [0.15, 0.2) is 0 Å². The summed E-state index contributed by atoms with van der Waals surface area (Å²) >= 11 is 0. The van der Waals surface area contributed by atoms with E-state index in [0.717, 1.165) is 17.9 Å². The molecule has 0 atom stereocenters. The molecule has 0 radical (unpaired) electrons. The van der Waals surface area contributed by atoms with Crippen LogP contribution in [-0.4, -0.2) is 25.1 Å². The maximum Gasteiger partial charge on any atom is 0.127 e. The van der Waals surface area contributed by atoms with Gasteiger partial charge in [-0.3, -0.25) is 4.90 Å². The lowest BCUT2D eigenvalue weighted by molar-refractivity contribution is 0.218. The minimum atomic E-state index is 0.539. The first kappa shape index (κ1) is 12.4. The van der Waals surface area contributed by atoms with Gasteiger partial charge in [-0.1, -0.05) is 24.6 Å². The van der Waals surface area contributed by atoms with Gasteiger partial charge >= 0.3 is 0 Å². The number of para-hydroxylation sites is 1. The van der Waals surface area contributed by atoms with Crippen LogP contribution < -0.4 is 10.5 Å². The van der Waals surface area contributed by atoms with Crippen molar-refractivity contribution in [3.63, 3.8) is 0 Å². The van der Waals surface area contributed by atoms with Crippen molar-refractivity contribution < 1.29 is 4.74 Å². The molecule has 0 bridgehead atoms. The quantitative estimate of drug-likeness (QED) is 0.867. The van der Waals surface area contributed by atoms with Crippen molar-refractivity contribution in [3.05, 3.63) is 29.3 Å². The molecule has 2 rings (SSSR count). The van der Waals surface area contributed by atoms with E-state index < -0.39 is 0 Å². The second-order valence-electron chi connectivity index (χ2n) is 4.65. The second-order valence-corrected chi connectivity index (χ2v) is 4.65. The summed E-state index contributed by atoms with van der Waals surface area (Å²) in [7, 11) is 1.73. The molecule has 0 spiro atoms. The van der Waals surface area contributed by atoms with E-state index in [9.17, 15) is 0 Å². The predicted molar refractivity (Wildman–Crippen MR) is 70.0 cm³/mol. The lowest BCUT2D eigenvalue weighted by Crippen LogP contribution is -2.29. The van der Waals surface area contributed by atoms with Crippen molar-refractivity contribution in [1.82, 2.24) is 4.90 Å². The van der Waals surface area contributed by atoms with Gasteiger partial charge in [-0.15, -0.1) is 0 Å². The average Bonchev–Trinajstić information content (AvgIpc) is 2.39. The molecule has 1 fully saturated rings. The third-order valence-electron chi connectivity index (χ3n) is 3.44. The fourth-order valence-corrected chi connectivity index (χ4v) is 2.54. The molecule has 3 nitrogen and oxygen atoms in total. The maximum atomic E-state index is 5.73. The van der Waals surface area contributed by atoms with E-state index in [1.165, 1.54) is 37.9 Å². The molecule has 1 saturated heterocycles. The summed E-state index contributed by atoms with van der Waals surface area (Å²) < 4.78 is 5.50. The minimum Gasteiger partial charge on any atom is -0.496 e. The molecule has 1 aromatic rings. The molecule has 1 heterocycles. The Balaban J connectivity index is 2.13. The number of nitrogens with two attached hydrogens (primary N) is 1. The summed E-state index contributed by atoms with van der Waals surface area (Å²) in [6.07, 6.45) is 4.01. The number of likely N-dealkylation sites (tertiary alicyclic amines) is 1. The van der Waals surface area contributed by atoms with E-state index in [1.807, 2.05) is 6.07 Å². The average molecular weight is 234 g/mol. The predicted octanol–water partition coefficient (Wildman–Crippen LogP) is 2.14. The molecule has 1 aromatic carbocycles. The van der Waals surface area contributed by atoms with E-state index in [-0.39, 0.29) is 0 Å². The number of ether oxygens (including phenoxy) is 1. The zero-order valence-corrected chi connectivity index (χ0v) is 10.6. The van der Waals surface area contributed by atoms with Gasteiger partial charge in [-0.25, -0.2) is 0 Å². The third-order valence-corrected chi connectivity index (χ3v) is 3.44. The summed E-state index contributed by atoms with van der Waals surface area (Å²) in [5.41, 5.74) is 8.10. The van der Waals surface area contributed by atoms with E-state index >= 15 is 0 Å². The molecule has 0 amide bonds. The van der Waals surface area contributed by atoms with Gasteiger partial charge in [0.1, 0.15) is 5.75 Å². The number of hydrogen-bond acceptors (Lipinski definition) is 3. The number of benzene rings is 1.